The van der Waals surface area contributed by atoms with Crippen LogP contribution in [0.3, 0.4) is 0 Å². The smallest absolute Gasteiger partial charge is 0.0971 e. The normalized spacial score (nSPS) is 43.4. The van der Waals surface area contributed by atoms with E-state index in [0.29, 0.717) is 6.04 Å². The zero-order valence-corrected chi connectivity index (χ0v) is 10.8. The van der Waals surface area contributed by atoms with Gasteiger partial charge in [-0.2, -0.15) is 0 Å². The minimum Gasteiger partial charge on any atom is -0.394 e. The summed E-state index contributed by atoms with van der Waals surface area (Å²) in [5.41, 5.74) is 5.73. The molecule has 0 bridgehead atoms. The summed E-state index contributed by atoms with van der Waals surface area (Å²) in [5, 5.41) is 9.29. The maximum atomic E-state index is 9.29. The zero-order valence-electron chi connectivity index (χ0n) is 10.8. The van der Waals surface area contributed by atoms with Crippen molar-refractivity contribution in [2.45, 2.75) is 43.1 Å². The molecule has 5 heteroatoms. The molecule has 2 fully saturated rings. The van der Waals surface area contributed by atoms with Gasteiger partial charge in [-0.25, -0.2) is 0 Å². The Morgan fingerprint density at radius 3 is 2.29 bits per heavy atom. The molecule has 1 aliphatic heterocycles. The van der Waals surface area contributed by atoms with Crippen molar-refractivity contribution in [3.63, 3.8) is 0 Å². The lowest BCUT2D eigenvalue weighted by atomic mass is 10.0. The van der Waals surface area contributed by atoms with Crippen molar-refractivity contribution in [2.75, 3.05) is 33.9 Å². The van der Waals surface area contributed by atoms with E-state index >= 15 is 0 Å². The fraction of sp³-hybridized carbons (Fsp3) is 1.00. The van der Waals surface area contributed by atoms with Crippen LogP contribution in [0.1, 0.15) is 19.3 Å². The SMILES string of the molecule is COC1CN(C2CCC(N)(CO)C2)CC1OC. The Bertz CT molecular complexity index is 252. The van der Waals surface area contributed by atoms with Gasteiger partial charge in [0.25, 0.3) is 0 Å². The molecule has 0 spiro atoms. The molecule has 0 aromatic carbocycles. The second-order valence-corrected chi connectivity index (χ2v) is 5.42. The Labute approximate surface area is 103 Å². The van der Waals surface area contributed by atoms with E-state index in [1.54, 1.807) is 14.2 Å². The van der Waals surface area contributed by atoms with Gasteiger partial charge in [-0.05, 0) is 19.3 Å². The Morgan fingerprint density at radius 1 is 1.29 bits per heavy atom. The van der Waals surface area contributed by atoms with E-state index in [2.05, 4.69) is 4.90 Å². The highest BCUT2D eigenvalue weighted by Gasteiger charge is 2.42. The van der Waals surface area contributed by atoms with Crippen molar-refractivity contribution < 1.29 is 14.6 Å². The van der Waals surface area contributed by atoms with Crippen LogP contribution in [0.4, 0.5) is 0 Å². The number of nitrogens with two attached hydrogens (primary N) is 1. The molecular weight excluding hydrogens is 220 g/mol. The van der Waals surface area contributed by atoms with E-state index in [1.807, 2.05) is 0 Å². The van der Waals surface area contributed by atoms with E-state index in [9.17, 15) is 5.11 Å². The van der Waals surface area contributed by atoms with E-state index in [-0.39, 0.29) is 24.4 Å². The molecule has 2 aliphatic rings. The summed E-state index contributed by atoms with van der Waals surface area (Å²) in [5.74, 6) is 0. The summed E-state index contributed by atoms with van der Waals surface area (Å²) in [6.45, 7) is 1.89. The topological polar surface area (TPSA) is 68.0 Å². The number of methoxy groups -OCH3 is 2. The minimum atomic E-state index is -0.377. The molecule has 0 amide bonds. The van der Waals surface area contributed by atoms with Crippen LogP contribution >= 0.6 is 0 Å². The molecule has 3 N–H and O–H groups in total. The fourth-order valence-electron chi connectivity index (χ4n) is 3.11. The molecule has 100 valence electrons. The second-order valence-electron chi connectivity index (χ2n) is 5.42. The molecule has 4 unspecified atom stereocenters. The zero-order chi connectivity index (χ0) is 12.5. The number of nitrogens with zero attached hydrogens (tertiary/aromatic N) is 1. The number of ether oxygens (including phenoxy) is 2. The van der Waals surface area contributed by atoms with Gasteiger partial charge in [-0.15, -0.1) is 0 Å². The van der Waals surface area contributed by atoms with Crippen LogP contribution in [-0.4, -0.2) is 67.7 Å². The molecule has 5 nitrogen and oxygen atoms in total. The molecule has 17 heavy (non-hydrogen) atoms. The third kappa shape index (κ3) is 2.63. The number of hydrogen-bond donors (Lipinski definition) is 2. The first kappa shape index (κ1) is 13.2. The first-order chi connectivity index (χ1) is 8.11. The van der Waals surface area contributed by atoms with Gasteiger partial charge in [-0.1, -0.05) is 0 Å². The van der Waals surface area contributed by atoms with E-state index < -0.39 is 0 Å². The van der Waals surface area contributed by atoms with Gasteiger partial charge >= 0.3 is 0 Å². The average Bonchev–Trinajstić information content (AvgIpc) is 2.93. The lowest BCUT2D eigenvalue weighted by molar-refractivity contribution is -0.00461. The monoisotopic (exact) mass is 244 g/mol. The summed E-state index contributed by atoms with van der Waals surface area (Å²) in [6.07, 6.45) is 3.14. The standard InChI is InChI=1S/C12H24N2O3/c1-16-10-6-14(7-11(10)17-2)9-3-4-12(13,5-9)8-15/h9-11,15H,3-8,13H2,1-2H3. The molecule has 0 radical (unpaired) electrons. The van der Waals surface area contributed by atoms with E-state index in [1.165, 1.54) is 0 Å². The van der Waals surface area contributed by atoms with Gasteiger partial charge in [0.1, 0.15) is 0 Å². The Balaban J connectivity index is 1.93. The van der Waals surface area contributed by atoms with Crippen LogP contribution in [0.15, 0.2) is 0 Å². The van der Waals surface area contributed by atoms with Crippen molar-refractivity contribution in [1.82, 2.24) is 4.90 Å². The highest BCUT2D eigenvalue weighted by atomic mass is 16.5. The first-order valence-corrected chi connectivity index (χ1v) is 6.31. The van der Waals surface area contributed by atoms with Crippen molar-refractivity contribution in [3.05, 3.63) is 0 Å². The van der Waals surface area contributed by atoms with Gasteiger partial charge in [0, 0.05) is 38.9 Å². The highest BCUT2D eigenvalue weighted by molar-refractivity contribution is 5.00. The summed E-state index contributed by atoms with van der Waals surface area (Å²) in [6, 6.07) is 0.463. The van der Waals surface area contributed by atoms with E-state index in [4.69, 9.17) is 15.2 Å². The molecule has 4 atom stereocenters. The van der Waals surface area contributed by atoms with Crippen molar-refractivity contribution in [2.24, 2.45) is 5.73 Å². The van der Waals surface area contributed by atoms with Gasteiger partial charge in [-0.3, -0.25) is 4.90 Å². The first-order valence-electron chi connectivity index (χ1n) is 6.31. The quantitative estimate of drug-likeness (QED) is 0.702. The molecule has 1 heterocycles. The predicted molar refractivity (Wildman–Crippen MR) is 64.8 cm³/mol. The van der Waals surface area contributed by atoms with Crippen molar-refractivity contribution in [1.29, 1.82) is 0 Å². The Kier molecular flexibility index (Phi) is 4.05. The number of likely N-dealkylation sites (tertiary alicyclic amines) is 1. The van der Waals surface area contributed by atoms with Crippen LogP contribution in [0.5, 0.6) is 0 Å². The molecule has 0 aromatic rings. The Hall–Kier alpha value is -0.200. The molecule has 1 saturated heterocycles. The van der Waals surface area contributed by atoms with Crippen LogP contribution < -0.4 is 5.73 Å². The summed E-state index contributed by atoms with van der Waals surface area (Å²) >= 11 is 0. The molecule has 2 rings (SSSR count). The van der Waals surface area contributed by atoms with Crippen molar-refractivity contribution in [3.8, 4) is 0 Å². The van der Waals surface area contributed by atoms with E-state index in [0.717, 1.165) is 32.4 Å². The average molecular weight is 244 g/mol. The third-order valence-corrected chi connectivity index (χ3v) is 4.30. The molecule has 0 aromatic heterocycles. The van der Waals surface area contributed by atoms with Crippen LogP contribution in [0.2, 0.25) is 0 Å². The number of aliphatic hydroxyl groups excluding tert-OH is 1. The lowest BCUT2D eigenvalue weighted by Crippen LogP contribution is -2.43. The molecule has 1 saturated carbocycles. The second kappa shape index (κ2) is 5.20. The van der Waals surface area contributed by atoms with Gasteiger partial charge in [0.2, 0.25) is 0 Å². The maximum absolute atomic E-state index is 9.29. The summed E-state index contributed by atoms with van der Waals surface area (Å²) < 4.78 is 10.9. The van der Waals surface area contributed by atoms with Crippen molar-refractivity contribution >= 4 is 0 Å². The highest BCUT2D eigenvalue weighted by Crippen LogP contribution is 2.33. The van der Waals surface area contributed by atoms with Crippen LogP contribution in [-0.2, 0) is 9.47 Å². The number of rotatable bonds is 4. The van der Waals surface area contributed by atoms with Gasteiger partial charge in [0.05, 0.1) is 18.8 Å². The predicted octanol–water partition coefficient (Wildman–Crippen LogP) is -0.426. The molecular formula is C12H24N2O3. The van der Waals surface area contributed by atoms with Crippen LogP contribution in [0, 0.1) is 0 Å². The van der Waals surface area contributed by atoms with Gasteiger partial charge < -0.3 is 20.3 Å². The lowest BCUT2D eigenvalue weighted by Gasteiger charge is -2.26. The van der Waals surface area contributed by atoms with Crippen LogP contribution in [0.25, 0.3) is 0 Å². The molecule has 1 aliphatic carbocycles. The Morgan fingerprint density at radius 2 is 1.88 bits per heavy atom. The number of aliphatic hydroxyl groups is 1. The summed E-state index contributed by atoms with van der Waals surface area (Å²) in [7, 11) is 3.46. The number of hydrogen-bond acceptors (Lipinski definition) is 5. The maximum Gasteiger partial charge on any atom is 0.0971 e. The minimum absolute atomic E-state index is 0.0821. The summed E-state index contributed by atoms with van der Waals surface area (Å²) in [4.78, 5) is 2.40. The largest absolute Gasteiger partial charge is 0.394 e. The third-order valence-electron chi connectivity index (χ3n) is 4.30. The van der Waals surface area contributed by atoms with Gasteiger partial charge in [0.15, 0.2) is 0 Å². The fourth-order valence-corrected chi connectivity index (χ4v) is 3.11.